The van der Waals surface area contributed by atoms with Gasteiger partial charge in [-0.3, -0.25) is 9.59 Å². The molecule has 30 heavy (non-hydrogen) atoms. The van der Waals surface area contributed by atoms with Gasteiger partial charge in [0.05, 0.1) is 31.6 Å². The molecule has 0 aliphatic heterocycles. The highest BCUT2D eigenvalue weighted by molar-refractivity contribution is 7.99. The summed E-state index contributed by atoms with van der Waals surface area (Å²) in [6.07, 6.45) is 0.713. The number of hydrogen-bond donors (Lipinski definition) is 2. The Labute approximate surface area is 186 Å². The minimum atomic E-state index is -0.242. The maximum atomic E-state index is 12.4. The number of aromatic amines is 1. The Balaban J connectivity index is 1.30. The van der Waals surface area contributed by atoms with Crippen molar-refractivity contribution in [3.63, 3.8) is 0 Å². The van der Waals surface area contributed by atoms with Gasteiger partial charge in [0.2, 0.25) is 5.91 Å². The zero-order valence-corrected chi connectivity index (χ0v) is 19.4. The van der Waals surface area contributed by atoms with Crippen LogP contribution in [0.2, 0.25) is 0 Å². The van der Waals surface area contributed by atoms with E-state index in [2.05, 4.69) is 26.3 Å². The lowest BCUT2D eigenvalue weighted by atomic mass is 10.2. The summed E-state index contributed by atoms with van der Waals surface area (Å²) < 4.78 is 1.16. The Morgan fingerprint density at radius 2 is 2.03 bits per heavy atom. The lowest BCUT2D eigenvalue weighted by molar-refractivity contribution is -0.120. The number of carbonyl (C=O) groups excluding carboxylic acids is 1. The standard InChI is InChI=1S/C21H22N4O2S3/c1-11-12(2)29-21-18(11)20(27)24-16(25-21)10-28-13(3)19(26)22-9-8-17-23-14-6-4-5-7-15(14)30-17/h4-7,13H,8-10H2,1-3H3,(H,22,26)(H,24,25,27). The second kappa shape index (κ2) is 8.87. The average Bonchev–Trinajstić information content (AvgIpc) is 3.26. The van der Waals surface area contributed by atoms with Crippen LogP contribution in [0, 0.1) is 13.8 Å². The van der Waals surface area contributed by atoms with Gasteiger partial charge in [-0.25, -0.2) is 9.97 Å². The number of aryl methyl sites for hydroxylation is 2. The number of thiophene rings is 1. The van der Waals surface area contributed by atoms with E-state index in [1.54, 1.807) is 11.3 Å². The van der Waals surface area contributed by atoms with Crippen molar-refractivity contribution in [1.82, 2.24) is 20.3 Å². The minimum absolute atomic E-state index is 0.0210. The van der Waals surface area contributed by atoms with E-state index in [1.165, 1.54) is 23.1 Å². The van der Waals surface area contributed by atoms with Crippen LogP contribution in [-0.4, -0.2) is 32.7 Å². The monoisotopic (exact) mass is 458 g/mol. The van der Waals surface area contributed by atoms with Crippen LogP contribution >= 0.6 is 34.4 Å². The maximum absolute atomic E-state index is 12.4. The largest absolute Gasteiger partial charge is 0.355 e. The fraction of sp³-hybridized carbons (Fsp3) is 0.333. The lowest BCUT2D eigenvalue weighted by Crippen LogP contribution is -2.32. The SMILES string of the molecule is Cc1sc2nc(CSC(C)C(=O)NCCc3nc4ccccc4s3)[nH]c(=O)c2c1C. The molecule has 1 atom stereocenters. The van der Waals surface area contributed by atoms with Crippen LogP contribution in [0.15, 0.2) is 29.1 Å². The molecule has 3 aromatic heterocycles. The van der Waals surface area contributed by atoms with E-state index >= 15 is 0 Å². The molecule has 0 aliphatic rings. The number of nitrogens with zero attached hydrogens (tertiary/aromatic N) is 2. The van der Waals surface area contributed by atoms with Gasteiger partial charge in [0, 0.05) is 17.8 Å². The van der Waals surface area contributed by atoms with Crippen molar-refractivity contribution < 1.29 is 4.79 Å². The van der Waals surface area contributed by atoms with E-state index < -0.39 is 0 Å². The number of thiazole rings is 1. The summed E-state index contributed by atoms with van der Waals surface area (Å²) >= 11 is 4.66. The van der Waals surface area contributed by atoms with Crippen molar-refractivity contribution in [2.24, 2.45) is 0 Å². The Morgan fingerprint density at radius 3 is 2.83 bits per heavy atom. The molecule has 0 radical (unpaired) electrons. The maximum Gasteiger partial charge on any atom is 0.259 e. The van der Waals surface area contributed by atoms with Crippen LogP contribution in [0.3, 0.4) is 0 Å². The van der Waals surface area contributed by atoms with Crippen molar-refractivity contribution in [3.8, 4) is 0 Å². The number of carbonyl (C=O) groups is 1. The Morgan fingerprint density at radius 1 is 1.23 bits per heavy atom. The summed E-state index contributed by atoms with van der Waals surface area (Å²) in [5.41, 5.74) is 1.89. The topological polar surface area (TPSA) is 87.7 Å². The molecule has 4 aromatic rings. The number of hydrogen-bond acceptors (Lipinski definition) is 7. The number of amides is 1. The van der Waals surface area contributed by atoms with Gasteiger partial charge in [0.25, 0.3) is 5.56 Å². The predicted molar refractivity (Wildman–Crippen MR) is 127 cm³/mol. The Bertz CT molecular complexity index is 1240. The Kier molecular flexibility index (Phi) is 6.21. The number of nitrogens with one attached hydrogen (secondary N) is 2. The second-order valence-electron chi connectivity index (χ2n) is 7.05. The number of para-hydroxylation sites is 1. The van der Waals surface area contributed by atoms with E-state index in [4.69, 9.17) is 0 Å². The van der Waals surface area contributed by atoms with E-state index in [9.17, 15) is 9.59 Å². The number of fused-ring (bicyclic) bond motifs is 2. The van der Waals surface area contributed by atoms with Crippen molar-refractivity contribution in [1.29, 1.82) is 0 Å². The van der Waals surface area contributed by atoms with E-state index in [0.717, 1.165) is 30.5 Å². The number of aromatic nitrogens is 3. The average molecular weight is 459 g/mol. The highest BCUT2D eigenvalue weighted by Crippen LogP contribution is 2.26. The quantitative estimate of drug-likeness (QED) is 0.434. The number of benzene rings is 1. The molecule has 0 saturated carbocycles. The van der Waals surface area contributed by atoms with E-state index in [0.29, 0.717) is 29.9 Å². The Hall–Kier alpha value is -2.23. The molecule has 3 heterocycles. The van der Waals surface area contributed by atoms with Gasteiger partial charge in [-0.05, 0) is 38.5 Å². The third kappa shape index (κ3) is 4.43. The van der Waals surface area contributed by atoms with Gasteiger partial charge < -0.3 is 10.3 Å². The highest BCUT2D eigenvalue weighted by atomic mass is 32.2. The molecular weight excluding hydrogens is 436 g/mol. The van der Waals surface area contributed by atoms with Crippen LogP contribution in [0.25, 0.3) is 20.4 Å². The first-order valence-corrected chi connectivity index (χ1v) is 12.3. The molecule has 0 fully saturated rings. The summed E-state index contributed by atoms with van der Waals surface area (Å²) in [5.74, 6) is 1.06. The summed E-state index contributed by atoms with van der Waals surface area (Å²) in [7, 11) is 0. The smallest absolute Gasteiger partial charge is 0.259 e. The highest BCUT2D eigenvalue weighted by Gasteiger charge is 2.16. The van der Waals surface area contributed by atoms with Gasteiger partial charge >= 0.3 is 0 Å². The molecule has 0 bridgehead atoms. The van der Waals surface area contributed by atoms with Crippen molar-refractivity contribution >= 4 is 60.8 Å². The van der Waals surface area contributed by atoms with Crippen molar-refractivity contribution in [3.05, 3.63) is 55.9 Å². The normalized spacial score (nSPS) is 12.5. The lowest BCUT2D eigenvalue weighted by Gasteiger charge is -2.11. The first kappa shape index (κ1) is 21.0. The summed E-state index contributed by atoms with van der Waals surface area (Å²) in [6.45, 7) is 6.36. The zero-order chi connectivity index (χ0) is 21.3. The molecule has 1 aromatic carbocycles. The van der Waals surface area contributed by atoms with E-state index in [-0.39, 0.29) is 16.7 Å². The zero-order valence-electron chi connectivity index (χ0n) is 16.9. The van der Waals surface area contributed by atoms with Crippen LogP contribution < -0.4 is 10.9 Å². The third-order valence-corrected chi connectivity index (χ3v) is 8.26. The van der Waals surface area contributed by atoms with Crippen LogP contribution in [0.4, 0.5) is 0 Å². The van der Waals surface area contributed by atoms with Crippen LogP contribution in [0.5, 0.6) is 0 Å². The fourth-order valence-corrected chi connectivity index (χ4v) is 5.91. The first-order valence-electron chi connectivity index (χ1n) is 9.65. The van der Waals surface area contributed by atoms with Crippen LogP contribution in [0.1, 0.15) is 28.2 Å². The first-order chi connectivity index (χ1) is 14.4. The molecule has 0 spiro atoms. The van der Waals surface area contributed by atoms with Gasteiger partial charge in [0.15, 0.2) is 0 Å². The minimum Gasteiger partial charge on any atom is -0.355 e. The molecule has 1 unspecified atom stereocenters. The molecule has 0 aliphatic carbocycles. The molecule has 2 N–H and O–H groups in total. The third-order valence-electron chi connectivity index (χ3n) is 4.90. The van der Waals surface area contributed by atoms with E-state index in [1.807, 2.05) is 39.0 Å². The molecule has 1 amide bonds. The second-order valence-corrected chi connectivity index (χ2v) is 10.7. The van der Waals surface area contributed by atoms with Gasteiger partial charge in [-0.2, -0.15) is 0 Å². The molecule has 6 nitrogen and oxygen atoms in total. The van der Waals surface area contributed by atoms with Crippen molar-refractivity contribution in [2.75, 3.05) is 6.54 Å². The van der Waals surface area contributed by atoms with Crippen molar-refractivity contribution in [2.45, 2.75) is 38.2 Å². The molecule has 0 saturated heterocycles. The van der Waals surface area contributed by atoms with Gasteiger partial charge in [-0.15, -0.1) is 34.4 Å². The summed E-state index contributed by atoms with van der Waals surface area (Å²) in [6, 6.07) is 8.04. The number of rotatable bonds is 7. The number of thioether (sulfide) groups is 1. The van der Waals surface area contributed by atoms with Gasteiger partial charge in [-0.1, -0.05) is 12.1 Å². The number of H-pyrrole nitrogens is 1. The molecule has 4 rings (SSSR count). The molecule has 9 heteroatoms. The summed E-state index contributed by atoms with van der Waals surface area (Å²) in [4.78, 5) is 38.7. The predicted octanol–water partition coefficient (Wildman–Crippen LogP) is 4.19. The fourth-order valence-electron chi connectivity index (χ4n) is 3.11. The van der Waals surface area contributed by atoms with Gasteiger partial charge in [0.1, 0.15) is 10.7 Å². The molecular formula is C21H22N4O2S3. The van der Waals surface area contributed by atoms with Crippen LogP contribution in [-0.2, 0) is 17.0 Å². The summed E-state index contributed by atoms with van der Waals surface area (Å²) in [5, 5.41) is 4.43. The molecule has 156 valence electrons.